The molecule has 2 aromatic heterocycles. The van der Waals surface area contributed by atoms with Crippen LogP contribution in [0.1, 0.15) is 5.01 Å². The van der Waals surface area contributed by atoms with E-state index in [1.165, 1.54) is 11.3 Å². The molecule has 7 heteroatoms. The Balaban J connectivity index is 1.73. The van der Waals surface area contributed by atoms with Gasteiger partial charge in [-0.25, -0.2) is 18.4 Å². The molecule has 22 heavy (non-hydrogen) atoms. The molecule has 0 aliphatic heterocycles. The molecule has 1 N–H and O–H groups in total. The van der Waals surface area contributed by atoms with E-state index in [0.29, 0.717) is 16.0 Å². The van der Waals surface area contributed by atoms with E-state index in [-0.39, 0.29) is 10.9 Å². The van der Waals surface area contributed by atoms with Crippen LogP contribution >= 0.6 is 11.3 Å². The first-order valence-electron chi connectivity index (χ1n) is 6.64. The van der Waals surface area contributed by atoms with Crippen molar-refractivity contribution in [3.8, 4) is 0 Å². The fourth-order valence-corrected chi connectivity index (χ4v) is 4.78. The summed E-state index contributed by atoms with van der Waals surface area (Å²) >= 11 is 1.39. The van der Waals surface area contributed by atoms with Crippen molar-refractivity contribution < 1.29 is 8.42 Å². The van der Waals surface area contributed by atoms with Gasteiger partial charge < -0.3 is 4.98 Å². The van der Waals surface area contributed by atoms with E-state index in [4.69, 9.17) is 0 Å². The largest absolute Gasteiger partial charge is 0.329 e. The summed E-state index contributed by atoms with van der Waals surface area (Å²) < 4.78 is 26.0. The van der Waals surface area contributed by atoms with Crippen LogP contribution in [0, 0.1) is 0 Å². The van der Waals surface area contributed by atoms with Crippen molar-refractivity contribution in [2.45, 2.75) is 10.9 Å². The second-order valence-electron chi connectivity index (χ2n) is 4.89. The highest BCUT2D eigenvalue weighted by Crippen LogP contribution is 2.25. The molecule has 0 spiro atoms. The van der Waals surface area contributed by atoms with Crippen molar-refractivity contribution in [2.75, 3.05) is 0 Å². The van der Waals surface area contributed by atoms with Gasteiger partial charge in [-0.3, -0.25) is 0 Å². The van der Waals surface area contributed by atoms with E-state index in [1.807, 2.05) is 36.4 Å². The zero-order chi connectivity index (χ0) is 15.2. The van der Waals surface area contributed by atoms with Crippen molar-refractivity contribution in [3.63, 3.8) is 0 Å². The van der Waals surface area contributed by atoms with Gasteiger partial charge in [0.15, 0.2) is 0 Å². The topological polar surface area (TPSA) is 75.7 Å². The third-order valence-electron chi connectivity index (χ3n) is 3.31. The van der Waals surface area contributed by atoms with Crippen molar-refractivity contribution in [2.24, 2.45) is 0 Å². The Morgan fingerprint density at radius 1 is 0.955 bits per heavy atom. The molecule has 4 aromatic rings. The van der Waals surface area contributed by atoms with Crippen molar-refractivity contribution >= 4 is 42.4 Å². The summed E-state index contributed by atoms with van der Waals surface area (Å²) in [7, 11) is -3.54. The highest BCUT2D eigenvalue weighted by atomic mass is 32.2. The Morgan fingerprint density at radius 2 is 1.68 bits per heavy atom. The summed E-state index contributed by atoms with van der Waals surface area (Å²) in [5.74, 6) is -0.147. The maximum atomic E-state index is 12.5. The number of sulfone groups is 1. The molecule has 5 nitrogen and oxygen atoms in total. The van der Waals surface area contributed by atoms with E-state index in [0.717, 1.165) is 10.2 Å². The molecule has 0 radical (unpaired) electrons. The fourth-order valence-electron chi connectivity index (χ4n) is 2.29. The SMILES string of the molecule is O=S(=O)(Cc1nc2ccccc2s1)c1nc2ccccc2[nH]1. The van der Waals surface area contributed by atoms with Gasteiger partial charge in [-0.2, -0.15) is 0 Å². The number of rotatable bonds is 3. The summed E-state index contributed by atoms with van der Waals surface area (Å²) in [6.45, 7) is 0. The minimum absolute atomic E-state index is 0.00652. The number of imidazole rings is 1. The molecule has 0 aliphatic rings. The number of nitrogens with one attached hydrogen (secondary N) is 1. The number of para-hydroxylation sites is 3. The summed E-state index contributed by atoms with van der Waals surface area (Å²) in [4.78, 5) is 11.4. The molecule has 0 fully saturated rings. The number of hydrogen-bond donors (Lipinski definition) is 1. The van der Waals surface area contributed by atoms with E-state index >= 15 is 0 Å². The molecule has 0 atom stereocenters. The second-order valence-corrected chi connectivity index (χ2v) is 7.91. The van der Waals surface area contributed by atoms with Gasteiger partial charge in [-0.15, -0.1) is 11.3 Å². The molecule has 0 bridgehead atoms. The molecular weight excluding hydrogens is 318 g/mol. The molecule has 0 unspecified atom stereocenters. The van der Waals surface area contributed by atoms with E-state index in [2.05, 4.69) is 15.0 Å². The zero-order valence-corrected chi connectivity index (χ0v) is 13.0. The van der Waals surface area contributed by atoms with Crippen molar-refractivity contribution in [3.05, 3.63) is 53.5 Å². The van der Waals surface area contributed by atoms with Gasteiger partial charge in [-0.05, 0) is 24.3 Å². The Hall–Kier alpha value is -2.25. The molecule has 0 amide bonds. The third kappa shape index (κ3) is 2.28. The highest BCUT2D eigenvalue weighted by Gasteiger charge is 2.21. The standard InChI is InChI=1S/C15H11N3O2S2/c19-22(20,15-17-10-5-1-2-6-11(10)18-15)9-14-16-12-7-3-4-8-13(12)21-14/h1-8H,9H2,(H,17,18). The van der Waals surface area contributed by atoms with Crippen LogP contribution in [0.5, 0.6) is 0 Å². The molecule has 2 heterocycles. The Kier molecular flexibility index (Phi) is 2.98. The molecule has 2 aromatic carbocycles. The first-order valence-corrected chi connectivity index (χ1v) is 9.11. The van der Waals surface area contributed by atoms with Gasteiger partial charge in [0, 0.05) is 0 Å². The molecule has 0 saturated carbocycles. The van der Waals surface area contributed by atoms with Crippen LogP contribution < -0.4 is 0 Å². The maximum absolute atomic E-state index is 12.5. The number of aromatic nitrogens is 3. The van der Waals surface area contributed by atoms with Crippen LogP contribution in [0.3, 0.4) is 0 Å². The van der Waals surface area contributed by atoms with E-state index < -0.39 is 9.84 Å². The highest BCUT2D eigenvalue weighted by molar-refractivity contribution is 7.90. The van der Waals surface area contributed by atoms with Gasteiger partial charge in [0.25, 0.3) is 0 Å². The molecule has 4 rings (SSSR count). The lowest BCUT2D eigenvalue weighted by Gasteiger charge is -1.96. The normalized spacial score (nSPS) is 12.2. The number of nitrogens with zero attached hydrogens (tertiary/aromatic N) is 2. The Bertz CT molecular complexity index is 1010. The number of thiazole rings is 1. The van der Waals surface area contributed by atoms with Crippen molar-refractivity contribution in [1.82, 2.24) is 15.0 Å². The van der Waals surface area contributed by atoms with Gasteiger partial charge in [0.2, 0.25) is 15.0 Å². The average molecular weight is 329 g/mol. The van der Waals surface area contributed by atoms with Crippen molar-refractivity contribution in [1.29, 1.82) is 0 Å². The van der Waals surface area contributed by atoms with Gasteiger partial charge >= 0.3 is 0 Å². The number of aromatic amines is 1. The fraction of sp³-hybridized carbons (Fsp3) is 0.0667. The lowest BCUT2D eigenvalue weighted by atomic mass is 10.3. The van der Waals surface area contributed by atoms with Crippen LogP contribution in [-0.2, 0) is 15.6 Å². The van der Waals surface area contributed by atoms with Gasteiger partial charge in [-0.1, -0.05) is 24.3 Å². The van der Waals surface area contributed by atoms with Gasteiger partial charge in [0.1, 0.15) is 10.8 Å². The monoisotopic (exact) mass is 329 g/mol. The van der Waals surface area contributed by atoms with Crippen LogP contribution in [0.4, 0.5) is 0 Å². The lowest BCUT2D eigenvalue weighted by Crippen LogP contribution is -2.06. The smallest absolute Gasteiger partial charge is 0.226 e. The third-order valence-corrected chi connectivity index (χ3v) is 5.97. The quantitative estimate of drug-likeness (QED) is 0.626. The first-order chi connectivity index (χ1) is 10.6. The average Bonchev–Trinajstić information content (AvgIpc) is 3.09. The number of H-pyrrole nitrogens is 1. The molecule has 0 saturated heterocycles. The van der Waals surface area contributed by atoms with Crippen LogP contribution in [0.25, 0.3) is 21.3 Å². The molecule has 110 valence electrons. The predicted octanol–water partition coefficient (Wildman–Crippen LogP) is 3.15. The summed E-state index contributed by atoms with van der Waals surface area (Å²) in [6, 6.07) is 14.9. The zero-order valence-electron chi connectivity index (χ0n) is 11.4. The summed E-state index contributed by atoms with van der Waals surface area (Å²) in [5, 5.41) is 0.564. The summed E-state index contributed by atoms with van der Waals surface area (Å²) in [5.41, 5.74) is 2.18. The Labute approximate surface area is 130 Å². The number of hydrogen-bond acceptors (Lipinski definition) is 5. The summed E-state index contributed by atoms with van der Waals surface area (Å²) in [6.07, 6.45) is 0. The second kappa shape index (κ2) is 4.89. The Morgan fingerprint density at radius 3 is 2.45 bits per heavy atom. The van der Waals surface area contributed by atoms with Crippen LogP contribution in [-0.4, -0.2) is 23.4 Å². The molecular formula is C15H11N3O2S2. The van der Waals surface area contributed by atoms with Crippen LogP contribution in [0.15, 0.2) is 53.7 Å². The maximum Gasteiger partial charge on any atom is 0.226 e. The minimum atomic E-state index is -3.54. The van der Waals surface area contributed by atoms with E-state index in [9.17, 15) is 8.42 Å². The number of benzene rings is 2. The van der Waals surface area contributed by atoms with Crippen LogP contribution in [0.2, 0.25) is 0 Å². The lowest BCUT2D eigenvalue weighted by molar-refractivity contribution is 0.588. The first kappa shape index (κ1) is 13.4. The minimum Gasteiger partial charge on any atom is -0.329 e. The predicted molar refractivity (Wildman–Crippen MR) is 86.6 cm³/mol. The van der Waals surface area contributed by atoms with Gasteiger partial charge in [0.05, 0.1) is 21.3 Å². The number of fused-ring (bicyclic) bond motifs is 2. The molecule has 0 aliphatic carbocycles. The van der Waals surface area contributed by atoms with E-state index in [1.54, 1.807) is 12.1 Å².